The molecule has 2 aromatic rings. The molecule has 23 heavy (non-hydrogen) atoms. The van der Waals surface area contributed by atoms with E-state index in [9.17, 15) is 9.59 Å². The first kappa shape index (κ1) is 17.7. The molecule has 0 spiro atoms. The first-order chi connectivity index (χ1) is 11.1. The molecule has 5 nitrogen and oxygen atoms in total. The summed E-state index contributed by atoms with van der Waals surface area (Å²) in [5.74, 6) is 1.05. The zero-order chi connectivity index (χ0) is 16.7. The van der Waals surface area contributed by atoms with E-state index in [2.05, 4.69) is 9.72 Å². The number of aromatic nitrogens is 1. The predicted molar refractivity (Wildman–Crippen MR) is 92.1 cm³/mol. The Morgan fingerprint density at radius 2 is 2.09 bits per heavy atom. The molecule has 124 valence electrons. The molecule has 0 atom stereocenters. The summed E-state index contributed by atoms with van der Waals surface area (Å²) in [7, 11) is 1.41. The van der Waals surface area contributed by atoms with Crippen molar-refractivity contribution in [1.29, 1.82) is 0 Å². The van der Waals surface area contributed by atoms with Crippen LogP contribution < -0.4 is 4.74 Å². The van der Waals surface area contributed by atoms with Crippen LogP contribution in [0.15, 0.2) is 22.5 Å². The van der Waals surface area contributed by atoms with E-state index >= 15 is 0 Å². The van der Waals surface area contributed by atoms with Gasteiger partial charge < -0.3 is 9.47 Å². The zero-order valence-electron chi connectivity index (χ0n) is 13.2. The number of hydrogen-bond acceptors (Lipinski definition) is 7. The molecule has 0 bridgehead atoms. The number of fused-ring (bicyclic) bond motifs is 1. The summed E-state index contributed by atoms with van der Waals surface area (Å²) >= 11 is 3.31. The molecule has 0 aliphatic rings. The lowest BCUT2D eigenvalue weighted by Crippen LogP contribution is -2.00. The summed E-state index contributed by atoms with van der Waals surface area (Å²) in [5, 5.41) is 0. The highest BCUT2D eigenvalue weighted by Gasteiger charge is 2.07. The quantitative estimate of drug-likeness (QED) is 0.309. The standard InChI is InChI=1S/C16H19NO4S2/c1-11(18)21-12-7-8-13-14(10-12)23-16(17-13)22-9-5-3-4-6-15(19)20-2/h7-8,10H,3-6,9H2,1-2H3. The third-order valence-corrected chi connectivity index (χ3v) is 5.33. The Labute approximate surface area is 143 Å². The highest BCUT2D eigenvalue weighted by molar-refractivity contribution is 8.01. The Balaban J connectivity index is 1.79. The maximum Gasteiger partial charge on any atom is 0.308 e. The van der Waals surface area contributed by atoms with Gasteiger partial charge in [-0.05, 0) is 25.0 Å². The molecule has 1 aromatic carbocycles. The van der Waals surface area contributed by atoms with Gasteiger partial charge >= 0.3 is 11.9 Å². The van der Waals surface area contributed by atoms with Gasteiger partial charge in [0.05, 0.1) is 17.3 Å². The van der Waals surface area contributed by atoms with Crippen molar-refractivity contribution in [3.63, 3.8) is 0 Å². The second kappa shape index (κ2) is 8.88. The molecule has 0 unspecified atom stereocenters. The summed E-state index contributed by atoms with van der Waals surface area (Å²) in [6.07, 6.45) is 3.39. The highest BCUT2D eigenvalue weighted by atomic mass is 32.2. The number of nitrogens with zero attached hydrogens (tertiary/aromatic N) is 1. The van der Waals surface area contributed by atoms with Crippen molar-refractivity contribution in [2.24, 2.45) is 0 Å². The summed E-state index contributed by atoms with van der Waals surface area (Å²) in [6, 6.07) is 5.46. The molecule has 0 radical (unpaired) electrons. The number of esters is 2. The second-order valence-corrected chi connectivity index (χ2v) is 7.31. The summed E-state index contributed by atoms with van der Waals surface area (Å²) in [5.41, 5.74) is 0.916. The van der Waals surface area contributed by atoms with Crippen molar-refractivity contribution in [2.45, 2.75) is 36.9 Å². The average molecular weight is 353 g/mol. The number of rotatable bonds is 8. The number of carbonyl (C=O) groups is 2. The first-order valence-corrected chi connectivity index (χ1v) is 9.17. The SMILES string of the molecule is COC(=O)CCCCCSc1nc2ccc(OC(C)=O)cc2s1. The van der Waals surface area contributed by atoms with E-state index in [1.54, 1.807) is 29.2 Å². The third-order valence-electron chi connectivity index (χ3n) is 3.08. The van der Waals surface area contributed by atoms with Gasteiger partial charge in [-0.2, -0.15) is 0 Å². The van der Waals surface area contributed by atoms with E-state index < -0.39 is 0 Å². The maximum absolute atomic E-state index is 11.0. The number of carbonyl (C=O) groups excluding carboxylic acids is 2. The number of hydrogen-bond donors (Lipinski definition) is 0. The molecular formula is C16H19NO4S2. The number of benzene rings is 1. The number of ether oxygens (including phenoxy) is 2. The number of thioether (sulfide) groups is 1. The van der Waals surface area contributed by atoms with Crippen molar-refractivity contribution in [2.75, 3.05) is 12.9 Å². The lowest BCUT2D eigenvalue weighted by molar-refractivity contribution is -0.140. The van der Waals surface area contributed by atoms with Crippen molar-refractivity contribution in [3.05, 3.63) is 18.2 Å². The van der Waals surface area contributed by atoms with E-state index in [4.69, 9.17) is 4.74 Å². The van der Waals surface area contributed by atoms with Crippen LogP contribution in [0.4, 0.5) is 0 Å². The van der Waals surface area contributed by atoms with E-state index in [1.165, 1.54) is 14.0 Å². The smallest absolute Gasteiger partial charge is 0.308 e. The van der Waals surface area contributed by atoms with Crippen LogP contribution in [0.25, 0.3) is 10.2 Å². The Kier molecular flexibility index (Phi) is 6.85. The van der Waals surface area contributed by atoms with Gasteiger partial charge in [0.1, 0.15) is 5.75 Å². The highest BCUT2D eigenvalue weighted by Crippen LogP contribution is 2.32. The lowest BCUT2D eigenvalue weighted by Gasteiger charge is -1.99. The first-order valence-electron chi connectivity index (χ1n) is 7.37. The number of thiazole rings is 1. The maximum atomic E-state index is 11.0. The fraction of sp³-hybridized carbons (Fsp3) is 0.438. The van der Waals surface area contributed by atoms with Crippen molar-refractivity contribution >= 4 is 45.3 Å². The molecule has 7 heteroatoms. The fourth-order valence-corrected chi connectivity index (χ4v) is 4.15. The molecule has 0 aliphatic carbocycles. The van der Waals surface area contributed by atoms with E-state index in [0.29, 0.717) is 12.2 Å². The molecule has 0 aliphatic heterocycles. The minimum atomic E-state index is -0.324. The fourth-order valence-electron chi connectivity index (χ4n) is 1.98. The molecule has 0 N–H and O–H groups in total. The minimum absolute atomic E-state index is 0.146. The molecular weight excluding hydrogens is 334 g/mol. The van der Waals surface area contributed by atoms with Gasteiger partial charge in [-0.1, -0.05) is 18.2 Å². The molecule has 0 amide bonds. The molecule has 1 heterocycles. The van der Waals surface area contributed by atoms with Gasteiger partial charge in [-0.15, -0.1) is 11.3 Å². The molecule has 0 saturated carbocycles. The van der Waals surface area contributed by atoms with Crippen LogP contribution in [-0.2, 0) is 14.3 Å². The van der Waals surface area contributed by atoms with Crippen LogP contribution in [0.1, 0.15) is 32.6 Å². The largest absolute Gasteiger partial charge is 0.469 e. The normalized spacial score (nSPS) is 10.7. The third kappa shape index (κ3) is 5.84. The lowest BCUT2D eigenvalue weighted by atomic mass is 10.2. The summed E-state index contributed by atoms with van der Waals surface area (Å²) in [4.78, 5) is 26.5. The van der Waals surface area contributed by atoms with E-state index in [1.807, 2.05) is 12.1 Å². The van der Waals surface area contributed by atoms with Crippen LogP contribution in [0.3, 0.4) is 0 Å². The molecule has 2 rings (SSSR count). The summed E-state index contributed by atoms with van der Waals surface area (Å²) in [6.45, 7) is 1.39. The Morgan fingerprint density at radius 1 is 1.26 bits per heavy atom. The van der Waals surface area contributed by atoms with Gasteiger partial charge in [0.2, 0.25) is 0 Å². The van der Waals surface area contributed by atoms with Crippen LogP contribution >= 0.6 is 23.1 Å². The van der Waals surface area contributed by atoms with Crippen molar-refractivity contribution < 1.29 is 19.1 Å². The average Bonchev–Trinajstić information content (AvgIpc) is 2.91. The van der Waals surface area contributed by atoms with Crippen LogP contribution in [0, 0.1) is 0 Å². The molecule has 0 fully saturated rings. The Hall–Kier alpha value is -1.60. The molecule has 1 aromatic heterocycles. The summed E-state index contributed by atoms with van der Waals surface area (Å²) < 4.78 is 11.7. The number of unbranched alkanes of at least 4 members (excludes halogenated alkanes) is 2. The van der Waals surface area contributed by atoms with Gasteiger partial charge in [0.15, 0.2) is 4.34 Å². The van der Waals surface area contributed by atoms with Gasteiger partial charge in [0.25, 0.3) is 0 Å². The Morgan fingerprint density at radius 3 is 2.83 bits per heavy atom. The van der Waals surface area contributed by atoms with Crippen LogP contribution in [-0.4, -0.2) is 29.8 Å². The van der Waals surface area contributed by atoms with Crippen LogP contribution in [0.5, 0.6) is 5.75 Å². The topological polar surface area (TPSA) is 65.5 Å². The minimum Gasteiger partial charge on any atom is -0.469 e. The van der Waals surface area contributed by atoms with E-state index in [0.717, 1.165) is 39.6 Å². The van der Waals surface area contributed by atoms with Crippen molar-refractivity contribution in [1.82, 2.24) is 4.98 Å². The zero-order valence-corrected chi connectivity index (χ0v) is 14.8. The van der Waals surface area contributed by atoms with Gasteiger partial charge in [0, 0.05) is 25.2 Å². The van der Waals surface area contributed by atoms with Crippen molar-refractivity contribution in [3.8, 4) is 5.75 Å². The predicted octanol–water partition coefficient (Wildman–Crippen LogP) is 4.05. The Bertz CT molecular complexity index is 684. The molecule has 0 saturated heterocycles. The van der Waals surface area contributed by atoms with Gasteiger partial charge in [-0.3, -0.25) is 9.59 Å². The van der Waals surface area contributed by atoms with E-state index in [-0.39, 0.29) is 11.9 Å². The number of methoxy groups -OCH3 is 1. The second-order valence-electron chi connectivity index (χ2n) is 4.94. The monoisotopic (exact) mass is 353 g/mol. The van der Waals surface area contributed by atoms with Crippen LogP contribution in [0.2, 0.25) is 0 Å². The van der Waals surface area contributed by atoms with Gasteiger partial charge in [-0.25, -0.2) is 4.98 Å².